The van der Waals surface area contributed by atoms with Crippen molar-refractivity contribution in [2.75, 3.05) is 31.1 Å². The Morgan fingerprint density at radius 1 is 1.26 bits per heavy atom. The number of aliphatic hydroxyl groups excluding tert-OH is 1. The highest BCUT2D eigenvalue weighted by molar-refractivity contribution is 9.09. The van der Waals surface area contributed by atoms with Crippen molar-refractivity contribution in [3.05, 3.63) is 54.1 Å². The molecular weight excluding hydrogens is 638 g/mol. The molecule has 0 aromatic heterocycles. The average Bonchev–Trinajstić information content (AvgIpc) is 3.53. The number of benzene rings is 1. The molecule has 230 valence electrons. The van der Waals surface area contributed by atoms with Crippen molar-refractivity contribution in [3.63, 3.8) is 0 Å². The van der Waals surface area contributed by atoms with E-state index in [1.54, 1.807) is 44.7 Å². The number of halogens is 2. The summed E-state index contributed by atoms with van der Waals surface area (Å²) in [5.74, 6) is -1.63. The van der Waals surface area contributed by atoms with Crippen molar-refractivity contribution < 1.29 is 19.5 Å². The van der Waals surface area contributed by atoms with Gasteiger partial charge in [-0.3, -0.25) is 14.4 Å². The Morgan fingerprint density at radius 2 is 1.95 bits per heavy atom. The predicted molar refractivity (Wildman–Crippen MR) is 175 cm³/mol. The third-order valence-corrected chi connectivity index (χ3v) is 12.3. The summed E-state index contributed by atoms with van der Waals surface area (Å²) < 4.78 is -0.835. The minimum absolute atomic E-state index is 0.0458. The van der Waals surface area contributed by atoms with Gasteiger partial charge in [0.25, 0.3) is 5.91 Å². The van der Waals surface area contributed by atoms with Gasteiger partial charge < -0.3 is 19.8 Å². The number of alkyl halides is 1. The molecule has 1 aromatic rings. The molecule has 3 aliphatic heterocycles. The lowest BCUT2D eigenvalue weighted by molar-refractivity contribution is -0.145. The van der Waals surface area contributed by atoms with E-state index in [2.05, 4.69) is 29.1 Å². The summed E-state index contributed by atoms with van der Waals surface area (Å²) in [4.78, 5) is 48.8. The van der Waals surface area contributed by atoms with Gasteiger partial charge in [-0.05, 0) is 43.7 Å². The molecule has 0 aliphatic carbocycles. The number of rotatable bonds is 13. The fraction of sp³-hybridized carbons (Fsp3) is 0.594. The number of aryl methyl sites for hydroxylation is 1. The van der Waals surface area contributed by atoms with Crippen LogP contribution < -0.4 is 4.90 Å². The van der Waals surface area contributed by atoms with Gasteiger partial charge in [-0.15, -0.1) is 24.9 Å². The maximum Gasteiger partial charge on any atom is 0.251 e. The number of para-hydroxylation sites is 1. The molecule has 7 atom stereocenters. The summed E-state index contributed by atoms with van der Waals surface area (Å²) in [6.45, 7) is 16.6. The van der Waals surface area contributed by atoms with Crippen LogP contribution >= 0.6 is 39.3 Å². The molecule has 4 rings (SSSR count). The van der Waals surface area contributed by atoms with Gasteiger partial charge in [0.2, 0.25) is 11.8 Å². The first-order valence-electron chi connectivity index (χ1n) is 14.8. The smallest absolute Gasteiger partial charge is 0.251 e. The topological polar surface area (TPSA) is 81.2 Å². The third kappa shape index (κ3) is 5.59. The number of hydrogen-bond donors (Lipinski definition) is 1. The van der Waals surface area contributed by atoms with E-state index in [-0.39, 0.29) is 46.9 Å². The largest absolute Gasteiger partial charge is 0.394 e. The molecule has 42 heavy (non-hydrogen) atoms. The van der Waals surface area contributed by atoms with Crippen molar-refractivity contribution >= 4 is 62.7 Å². The van der Waals surface area contributed by atoms with Gasteiger partial charge in [0.05, 0.1) is 39.9 Å². The van der Waals surface area contributed by atoms with E-state index >= 15 is 0 Å². The zero-order valence-corrected chi connectivity index (χ0v) is 28.1. The predicted octanol–water partition coefficient (Wildman–Crippen LogP) is 5.46. The number of aliphatic hydroxyl groups is 1. The molecule has 0 saturated carbocycles. The molecule has 0 radical (unpaired) electrons. The number of nitrogens with zero attached hydrogens (tertiary/aromatic N) is 3. The lowest BCUT2D eigenvalue weighted by Gasteiger charge is -2.40. The molecule has 3 unspecified atom stereocenters. The maximum absolute atomic E-state index is 15.0. The first-order chi connectivity index (χ1) is 20.0. The molecule has 10 heteroatoms. The highest BCUT2D eigenvalue weighted by Crippen LogP contribution is 2.68. The number of amides is 3. The first-order valence-corrected chi connectivity index (χ1v) is 17.0. The lowest BCUT2D eigenvalue weighted by atomic mass is 9.70. The van der Waals surface area contributed by atoms with Crippen molar-refractivity contribution in [1.29, 1.82) is 0 Å². The number of carbonyl (C=O) groups is 3. The molecule has 3 amide bonds. The molecule has 3 fully saturated rings. The Bertz CT molecular complexity index is 1210. The number of thioether (sulfide) groups is 1. The van der Waals surface area contributed by atoms with Crippen LogP contribution in [0.5, 0.6) is 0 Å². The van der Waals surface area contributed by atoms with E-state index in [1.165, 1.54) is 0 Å². The number of anilines is 1. The zero-order valence-electron chi connectivity index (χ0n) is 25.0. The lowest BCUT2D eigenvalue weighted by Crippen LogP contribution is -2.58. The van der Waals surface area contributed by atoms with Gasteiger partial charge in [-0.1, -0.05) is 72.6 Å². The van der Waals surface area contributed by atoms with Crippen LogP contribution in [0.3, 0.4) is 0 Å². The normalized spacial score (nSPS) is 28.6. The van der Waals surface area contributed by atoms with E-state index < -0.39 is 28.7 Å². The summed E-state index contributed by atoms with van der Waals surface area (Å²) in [6.07, 6.45) is 5.25. The molecule has 2 bridgehead atoms. The van der Waals surface area contributed by atoms with Crippen LogP contribution in [0.15, 0.2) is 43.5 Å². The fourth-order valence-electron chi connectivity index (χ4n) is 7.30. The second-order valence-corrected chi connectivity index (χ2v) is 15.2. The molecule has 1 aromatic carbocycles. The van der Waals surface area contributed by atoms with Gasteiger partial charge in [0, 0.05) is 29.7 Å². The number of fused-ring (bicyclic) bond motifs is 1. The van der Waals surface area contributed by atoms with Gasteiger partial charge in [0.1, 0.15) is 6.04 Å². The Balaban J connectivity index is 1.88. The molecule has 3 heterocycles. The Morgan fingerprint density at radius 3 is 2.52 bits per heavy atom. The van der Waals surface area contributed by atoms with Crippen LogP contribution in [0.2, 0.25) is 5.02 Å². The summed E-state index contributed by atoms with van der Waals surface area (Å²) in [6, 6.07) is 4.05. The van der Waals surface area contributed by atoms with E-state index in [0.717, 1.165) is 12.0 Å². The van der Waals surface area contributed by atoms with E-state index in [0.29, 0.717) is 36.6 Å². The molecule has 7 nitrogen and oxygen atoms in total. The number of carbonyl (C=O) groups excluding carboxylic acids is 3. The molecule has 3 saturated heterocycles. The summed E-state index contributed by atoms with van der Waals surface area (Å²) in [5.41, 5.74) is 1.42. The first kappa shape index (κ1) is 33.1. The average molecular weight is 681 g/mol. The fourth-order valence-corrected chi connectivity index (χ4v) is 11.2. The second-order valence-electron chi connectivity index (χ2n) is 12.1. The molecule has 1 spiro atoms. The van der Waals surface area contributed by atoms with Crippen LogP contribution in [-0.2, 0) is 14.4 Å². The van der Waals surface area contributed by atoms with Gasteiger partial charge >= 0.3 is 0 Å². The molecular formula is C32H43BrClN3O4S. The van der Waals surface area contributed by atoms with Crippen LogP contribution in [0, 0.1) is 24.7 Å². The highest BCUT2D eigenvalue weighted by Gasteiger charge is 2.76. The summed E-state index contributed by atoms with van der Waals surface area (Å²) >= 11 is 12.1. The summed E-state index contributed by atoms with van der Waals surface area (Å²) in [5, 5.41) is 10.9. The highest BCUT2D eigenvalue weighted by atomic mass is 79.9. The van der Waals surface area contributed by atoms with Gasteiger partial charge in [-0.25, -0.2) is 0 Å². The van der Waals surface area contributed by atoms with Crippen LogP contribution in [0.25, 0.3) is 0 Å². The van der Waals surface area contributed by atoms with Crippen LogP contribution in [0.1, 0.15) is 45.6 Å². The minimum atomic E-state index is -0.881. The summed E-state index contributed by atoms with van der Waals surface area (Å²) in [7, 11) is 0. The zero-order chi connectivity index (χ0) is 30.9. The van der Waals surface area contributed by atoms with Crippen LogP contribution in [-0.4, -0.2) is 85.8 Å². The number of hydrogen-bond acceptors (Lipinski definition) is 5. The van der Waals surface area contributed by atoms with Crippen molar-refractivity contribution in [2.45, 2.75) is 73.9 Å². The standard InChI is InChI=1S/C32H43BrClN3O4S/c1-7-13-35(14-8-2)29(39)24-25-30(40)37(21(18-38)16-19(4)5)28(32(25)17-22(33)27(24)42-32)31(41)36(15-9-3)26-20(6)11-10-12-23(26)34/h7,9-12,19,21-22,24-25,27-28,38H,1,3,8,13-18H2,2,4-6H3/t21-,22?,24+,25+,27+,28?,32?/m1/s1. The SMILES string of the molecule is C=CCN(CCC)C(=O)[C@H]1[C@H]2C(=O)N([C@@H](CO)CC(C)C)C(C(=O)N(CC=C)c3c(C)cccc3Cl)C23CC(Br)[C@@H]1S3. The van der Waals surface area contributed by atoms with Gasteiger partial charge in [-0.2, -0.15) is 0 Å². The van der Waals surface area contributed by atoms with Gasteiger partial charge in [0.15, 0.2) is 0 Å². The van der Waals surface area contributed by atoms with E-state index in [1.807, 2.05) is 39.8 Å². The third-order valence-electron chi connectivity index (χ3n) is 8.78. The van der Waals surface area contributed by atoms with E-state index in [4.69, 9.17) is 11.6 Å². The molecule has 3 aliphatic rings. The van der Waals surface area contributed by atoms with Crippen molar-refractivity contribution in [2.24, 2.45) is 17.8 Å². The quantitative estimate of drug-likeness (QED) is 0.221. The number of likely N-dealkylation sites (tertiary alicyclic amines) is 1. The van der Waals surface area contributed by atoms with E-state index in [9.17, 15) is 19.5 Å². The van der Waals surface area contributed by atoms with Crippen molar-refractivity contribution in [3.8, 4) is 0 Å². The maximum atomic E-state index is 15.0. The molecule has 1 N–H and O–H groups in total. The Kier molecular flexibility index (Phi) is 10.6. The Labute approximate surface area is 267 Å². The monoisotopic (exact) mass is 679 g/mol. The second kappa shape index (κ2) is 13.4. The van der Waals surface area contributed by atoms with Crippen LogP contribution in [0.4, 0.5) is 5.69 Å². The Hall–Kier alpha value is -1.81. The van der Waals surface area contributed by atoms with Crippen molar-refractivity contribution in [1.82, 2.24) is 9.80 Å². The minimum Gasteiger partial charge on any atom is -0.394 e.